The fourth-order valence-electron chi connectivity index (χ4n) is 0.767. The second-order valence-electron chi connectivity index (χ2n) is 2.80. The van der Waals surface area contributed by atoms with Gasteiger partial charge in [-0.3, -0.25) is 10.0 Å². The predicted octanol–water partition coefficient (Wildman–Crippen LogP) is -0.852. The first-order chi connectivity index (χ1) is 4.57. The third-order valence-corrected chi connectivity index (χ3v) is 1.24. The number of carbonyl (C=O) groups excluding carboxylic acids is 1. The normalized spacial score (nSPS) is 13.3. The van der Waals surface area contributed by atoms with Gasteiger partial charge in [0.1, 0.15) is 0 Å². The minimum atomic E-state index is -0.409. The van der Waals surface area contributed by atoms with Crippen molar-refractivity contribution >= 4 is 5.91 Å². The summed E-state index contributed by atoms with van der Waals surface area (Å²) in [6.07, 6.45) is 0.701. The fraction of sp³-hybridized carbons (Fsp3) is 0.833. The number of hydrogen-bond donors (Lipinski definition) is 3. The van der Waals surface area contributed by atoms with E-state index in [1.54, 1.807) is 5.48 Å². The van der Waals surface area contributed by atoms with E-state index in [0.717, 1.165) is 0 Å². The zero-order valence-corrected chi connectivity index (χ0v) is 6.42. The summed E-state index contributed by atoms with van der Waals surface area (Å²) in [4.78, 5) is 10.6. The first kappa shape index (κ1) is 9.39. The molecule has 0 unspecified atom stereocenters. The van der Waals surface area contributed by atoms with Crippen LogP contribution in [-0.4, -0.2) is 17.2 Å². The molecule has 0 aliphatic heterocycles. The first-order valence-electron chi connectivity index (χ1n) is 3.35. The minimum absolute atomic E-state index is 0.343. The van der Waals surface area contributed by atoms with Crippen molar-refractivity contribution in [3.8, 4) is 0 Å². The van der Waals surface area contributed by atoms with Gasteiger partial charge in [0.05, 0.1) is 0 Å². The Kier molecular flexibility index (Phi) is 3.99. The van der Waals surface area contributed by atoms with Crippen LogP contribution in [0, 0.1) is 5.92 Å². The number of quaternary nitrogens is 1. The molecule has 0 spiro atoms. The molecule has 0 aliphatic rings. The lowest BCUT2D eigenvalue weighted by atomic mass is 10.0. The standard InChI is InChI=1S/C6H14N2O2/c1-4(2)3-5(7)6(9)8-10/h4-5,10H,3,7H2,1-2H3,(H,8,9)/p+1/t5-/m0/s1. The van der Waals surface area contributed by atoms with Crippen molar-refractivity contribution in [3.05, 3.63) is 0 Å². The molecule has 1 amide bonds. The van der Waals surface area contributed by atoms with Crippen LogP contribution in [0.2, 0.25) is 0 Å². The van der Waals surface area contributed by atoms with E-state index in [1.165, 1.54) is 0 Å². The molecule has 0 aromatic rings. The number of carbonyl (C=O) groups is 1. The number of hydroxylamine groups is 1. The molecular formula is C6H15N2O2+. The van der Waals surface area contributed by atoms with Crippen molar-refractivity contribution in [2.75, 3.05) is 0 Å². The van der Waals surface area contributed by atoms with E-state index in [2.05, 4.69) is 5.73 Å². The average Bonchev–Trinajstić information content (AvgIpc) is 1.85. The van der Waals surface area contributed by atoms with Crippen molar-refractivity contribution in [1.29, 1.82) is 0 Å². The third-order valence-electron chi connectivity index (χ3n) is 1.24. The lowest BCUT2D eigenvalue weighted by Gasteiger charge is -2.07. The molecular weight excluding hydrogens is 132 g/mol. The quantitative estimate of drug-likeness (QED) is 0.359. The van der Waals surface area contributed by atoms with Gasteiger partial charge in [-0.05, 0) is 5.92 Å². The molecule has 0 saturated heterocycles. The smallest absolute Gasteiger partial charge is 0.301 e. The van der Waals surface area contributed by atoms with Gasteiger partial charge < -0.3 is 5.73 Å². The summed E-state index contributed by atoms with van der Waals surface area (Å²) in [5.74, 6) is 0.0218. The molecule has 0 fully saturated rings. The summed E-state index contributed by atoms with van der Waals surface area (Å²) < 4.78 is 0. The average molecular weight is 147 g/mol. The van der Waals surface area contributed by atoms with Gasteiger partial charge in [0.25, 0.3) is 0 Å². The van der Waals surface area contributed by atoms with E-state index in [4.69, 9.17) is 5.21 Å². The van der Waals surface area contributed by atoms with Gasteiger partial charge in [-0.25, -0.2) is 5.48 Å². The van der Waals surface area contributed by atoms with Crippen molar-refractivity contribution < 1.29 is 15.7 Å². The Balaban J connectivity index is 3.61. The summed E-state index contributed by atoms with van der Waals surface area (Å²) in [6.45, 7) is 4.01. The summed E-state index contributed by atoms with van der Waals surface area (Å²) in [7, 11) is 0. The van der Waals surface area contributed by atoms with Gasteiger partial charge in [-0.1, -0.05) is 13.8 Å². The molecule has 0 aliphatic carbocycles. The monoisotopic (exact) mass is 147 g/mol. The van der Waals surface area contributed by atoms with Crippen LogP contribution >= 0.6 is 0 Å². The third kappa shape index (κ3) is 3.42. The van der Waals surface area contributed by atoms with Crippen LogP contribution in [0.1, 0.15) is 20.3 Å². The molecule has 0 rings (SSSR count). The number of amides is 1. The summed E-state index contributed by atoms with van der Waals surface area (Å²) in [5, 5.41) is 8.18. The highest BCUT2D eigenvalue weighted by Crippen LogP contribution is 2.00. The number of rotatable bonds is 3. The maximum absolute atomic E-state index is 10.6. The number of nitrogens with one attached hydrogen (secondary N) is 1. The van der Waals surface area contributed by atoms with Crippen LogP contribution < -0.4 is 11.2 Å². The maximum atomic E-state index is 10.6. The molecule has 10 heavy (non-hydrogen) atoms. The summed E-state index contributed by atoms with van der Waals surface area (Å²) in [6, 6.07) is -0.343. The molecule has 0 saturated carbocycles. The van der Waals surface area contributed by atoms with Gasteiger partial charge in [-0.15, -0.1) is 0 Å². The molecule has 4 nitrogen and oxygen atoms in total. The Morgan fingerprint density at radius 2 is 2.20 bits per heavy atom. The van der Waals surface area contributed by atoms with Gasteiger partial charge in [0.15, 0.2) is 6.04 Å². The number of hydrogen-bond acceptors (Lipinski definition) is 2. The Morgan fingerprint density at radius 3 is 2.50 bits per heavy atom. The van der Waals surface area contributed by atoms with Gasteiger partial charge in [0, 0.05) is 6.42 Å². The SMILES string of the molecule is CC(C)C[C@H]([NH3+])C(=O)NO. The van der Waals surface area contributed by atoms with Crippen molar-refractivity contribution in [2.45, 2.75) is 26.3 Å². The molecule has 1 atom stereocenters. The Bertz CT molecular complexity index is 114. The molecule has 0 aromatic carbocycles. The molecule has 0 bridgehead atoms. The van der Waals surface area contributed by atoms with Crippen LogP contribution in [0.5, 0.6) is 0 Å². The lowest BCUT2D eigenvalue weighted by Crippen LogP contribution is -2.67. The first-order valence-corrected chi connectivity index (χ1v) is 3.35. The molecule has 0 aromatic heterocycles. The van der Waals surface area contributed by atoms with E-state index in [0.29, 0.717) is 12.3 Å². The zero-order chi connectivity index (χ0) is 8.15. The van der Waals surface area contributed by atoms with Crippen molar-refractivity contribution in [1.82, 2.24) is 5.48 Å². The zero-order valence-electron chi connectivity index (χ0n) is 6.42. The highest BCUT2D eigenvalue weighted by atomic mass is 16.5. The van der Waals surface area contributed by atoms with Gasteiger partial charge >= 0.3 is 5.91 Å². The van der Waals surface area contributed by atoms with Gasteiger partial charge in [-0.2, -0.15) is 0 Å². The second kappa shape index (κ2) is 4.24. The van der Waals surface area contributed by atoms with E-state index in [9.17, 15) is 4.79 Å². The van der Waals surface area contributed by atoms with Gasteiger partial charge in [0.2, 0.25) is 0 Å². The molecule has 4 heteroatoms. The molecule has 0 heterocycles. The van der Waals surface area contributed by atoms with E-state index in [-0.39, 0.29) is 6.04 Å². The van der Waals surface area contributed by atoms with Crippen LogP contribution in [-0.2, 0) is 4.79 Å². The highest BCUT2D eigenvalue weighted by Gasteiger charge is 2.16. The Morgan fingerprint density at radius 1 is 1.70 bits per heavy atom. The van der Waals surface area contributed by atoms with E-state index in [1.807, 2.05) is 13.8 Å². The molecule has 5 N–H and O–H groups in total. The Labute approximate surface area is 60.4 Å². The molecule has 60 valence electrons. The van der Waals surface area contributed by atoms with Crippen LogP contribution in [0.4, 0.5) is 0 Å². The summed E-state index contributed by atoms with van der Waals surface area (Å²) >= 11 is 0. The van der Waals surface area contributed by atoms with Crippen LogP contribution in [0.15, 0.2) is 0 Å². The second-order valence-corrected chi connectivity index (χ2v) is 2.80. The molecule has 0 radical (unpaired) electrons. The lowest BCUT2D eigenvalue weighted by molar-refractivity contribution is -0.407. The Hall–Kier alpha value is -0.610. The highest BCUT2D eigenvalue weighted by molar-refractivity contribution is 5.78. The van der Waals surface area contributed by atoms with Crippen LogP contribution in [0.25, 0.3) is 0 Å². The topological polar surface area (TPSA) is 77.0 Å². The minimum Gasteiger partial charge on any atom is -0.347 e. The summed E-state index contributed by atoms with van der Waals surface area (Å²) in [5.41, 5.74) is 5.15. The fourth-order valence-corrected chi connectivity index (χ4v) is 0.767. The van der Waals surface area contributed by atoms with Crippen LogP contribution in [0.3, 0.4) is 0 Å². The van der Waals surface area contributed by atoms with E-state index >= 15 is 0 Å². The van der Waals surface area contributed by atoms with Crippen molar-refractivity contribution in [3.63, 3.8) is 0 Å². The van der Waals surface area contributed by atoms with E-state index < -0.39 is 5.91 Å². The van der Waals surface area contributed by atoms with Crippen molar-refractivity contribution in [2.24, 2.45) is 5.92 Å². The largest absolute Gasteiger partial charge is 0.347 e. The maximum Gasteiger partial charge on any atom is 0.301 e. The predicted molar refractivity (Wildman–Crippen MR) is 36.1 cm³/mol.